The van der Waals surface area contributed by atoms with E-state index in [1.54, 1.807) is 36.5 Å². The summed E-state index contributed by atoms with van der Waals surface area (Å²) in [5, 5.41) is 10.3. The van der Waals surface area contributed by atoms with Crippen LogP contribution in [0.4, 0.5) is 11.6 Å². The van der Waals surface area contributed by atoms with Crippen LogP contribution >= 0.6 is 0 Å². The second-order valence-corrected chi connectivity index (χ2v) is 6.34. The van der Waals surface area contributed by atoms with E-state index in [4.69, 9.17) is 4.55 Å². The summed E-state index contributed by atoms with van der Waals surface area (Å²) < 4.78 is 20.0. The van der Waals surface area contributed by atoms with Gasteiger partial charge in [0.2, 0.25) is 0 Å². The zero-order chi connectivity index (χ0) is 17.1. The number of benzene rings is 1. The fourth-order valence-corrected chi connectivity index (χ4v) is 2.56. The number of nitrogens with zero attached hydrogens (tertiary/aromatic N) is 3. The van der Waals surface area contributed by atoms with Crippen molar-refractivity contribution < 1.29 is 8.76 Å². The van der Waals surface area contributed by atoms with Crippen molar-refractivity contribution in [3.05, 3.63) is 59.2 Å². The molecule has 0 saturated heterocycles. The van der Waals surface area contributed by atoms with Gasteiger partial charge in [-0.15, -0.1) is 0 Å². The number of H-pyrrole nitrogens is 1. The molecule has 2 aromatic heterocycles. The molecule has 8 heteroatoms. The van der Waals surface area contributed by atoms with Crippen LogP contribution in [0.15, 0.2) is 41.4 Å². The molecule has 124 valence electrons. The quantitative estimate of drug-likeness (QED) is 0.615. The van der Waals surface area contributed by atoms with Crippen molar-refractivity contribution in [2.24, 2.45) is 0 Å². The number of aromatic amines is 1. The Hall–Kier alpha value is -2.58. The number of nitrogens with one attached hydrogen (secondary N) is 2. The molecule has 3 N–H and O–H groups in total. The van der Waals surface area contributed by atoms with Crippen LogP contribution in [0.1, 0.15) is 22.6 Å². The summed E-state index contributed by atoms with van der Waals surface area (Å²) in [6, 6.07) is 8.64. The Bertz CT molecular complexity index is 876. The molecule has 0 aliphatic carbocycles. The maximum absolute atomic E-state index is 11.0. The average Bonchev–Trinajstić information content (AvgIpc) is 2.88. The van der Waals surface area contributed by atoms with E-state index in [9.17, 15) is 4.21 Å². The maximum atomic E-state index is 11.0. The van der Waals surface area contributed by atoms with Gasteiger partial charge in [0.1, 0.15) is 11.6 Å². The molecular formula is C16H17N5O2S. The van der Waals surface area contributed by atoms with Gasteiger partial charge in [0.15, 0.2) is 16.9 Å². The lowest BCUT2D eigenvalue weighted by Gasteiger charge is -2.06. The average molecular weight is 343 g/mol. The van der Waals surface area contributed by atoms with Crippen LogP contribution in [0.2, 0.25) is 0 Å². The lowest BCUT2D eigenvalue weighted by atomic mass is 10.1. The molecule has 1 aromatic carbocycles. The lowest BCUT2D eigenvalue weighted by Crippen LogP contribution is -2.01. The van der Waals surface area contributed by atoms with E-state index in [0.717, 1.165) is 22.6 Å². The largest absolute Gasteiger partial charge is 0.323 e. The van der Waals surface area contributed by atoms with Crippen molar-refractivity contribution in [3.8, 4) is 0 Å². The van der Waals surface area contributed by atoms with Gasteiger partial charge in [0.05, 0.1) is 4.90 Å². The molecule has 0 spiro atoms. The van der Waals surface area contributed by atoms with E-state index in [1.807, 2.05) is 13.8 Å². The van der Waals surface area contributed by atoms with E-state index >= 15 is 0 Å². The minimum absolute atomic E-state index is 0.375. The maximum Gasteiger partial charge on any atom is 0.186 e. The number of aromatic nitrogens is 4. The number of rotatable bonds is 5. The van der Waals surface area contributed by atoms with Crippen molar-refractivity contribution in [1.82, 2.24) is 20.2 Å². The van der Waals surface area contributed by atoms with Crippen LogP contribution in [0.5, 0.6) is 0 Å². The van der Waals surface area contributed by atoms with Gasteiger partial charge in [-0.05, 0) is 37.6 Å². The first kappa shape index (κ1) is 16.3. The third kappa shape index (κ3) is 3.66. The van der Waals surface area contributed by atoms with Gasteiger partial charge in [-0.2, -0.15) is 5.10 Å². The van der Waals surface area contributed by atoms with Crippen LogP contribution in [0.25, 0.3) is 0 Å². The van der Waals surface area contributed by atoms with Crippen molar-refractivity contribution >= 4 is 22.7 Å². The molecular weight excluding hydrogens is 326 g/mol. The van der Waals surface area contributed by atoms with Crippen LogP contribution in [0.3, 0.4) is 0 Å². The highest BCUT2D eigenvalue weighted by molar-refractivity contribution is 7.79. The molecule has 3 rings (SSSR count). The minimum atomic E-state index is -1.96. The summed E-state index contributed by atoms with van der Waals surface area (Å²) in [7, 11) is 0. The Labute approximate surface area is 141 Å². The van der Waals surface area contributed by atoms with Crippen LogP contribution in [0, 0.1) is 13.8 Å². The Balaban J connectivity index is 1.75. The van der Waals surface area contributed by atoms with Gasteiger partial charge >= 0.3 is 0 Å². The summed E-state index contributed by atoms with van der Waals surface area (Å²) >= 11 is -1.96. The normalized spacial score (nSPS) is 12.1. The third-order valence-electron chi connectivity index (χ3n) is 3.69. The van der Waals surface area contributed by atoms with Crippen LogP contribution in [-0.4, -0.2) is 28.9 Å². The van der Waals surface area contributed by atoms with Gasteiger partial charge in [-0.1, -0.05) is 12.1 Å². The molecule has 0 bridgehead atoms. The molecule has 0 amide bonds. The van der Waals surface area contributed by atoms with Crippen molar-refractivity contribution in [1.29, 1.82) is 0 Å². The van der Waals surface area contributed by atoms with Crippen molar-refractivity contribution in [2.75, 3.05) is 5.32 Å². The molecule has 7 nitrogen and oxygen atoms in total. The molecule has 0 aliphatic heterocycles. The molecule has 0 aliphatic rings. The van der Waals surface area contributed by atoms with Gasteiger partial charge in [0.25, 0.3) is 0 Å². The predicted octanol–water partition coefficient (Wildman–Crippen LogP) is 2.73. The lowest BCUT2D eigenvalue weighted by molar-refractivity contribution is 0.564. The fourth-order valence-electron chi connectivity index (χ4n) is 2.19. The molecule has 1 unspecified atom stereocenters. The van der Waals surface area contributed by atoms with Crippen molar-refractivity contribution in [3.63, 3.8) is 0 Å². The Morgan fingerprint density at radius 2 is 1.96 bits per heavy atom. The highest BCUT2D eigenvalue weighted by Gasteiger charge is 2.08. The first-order chi connectivity index (χ1) is 11.5. The molecule has 1 atom stereocenters. The van der Waals surface area contributed by atoms with Gasteiger partial charge in [-0.25, -0.2) is 14.2 Å². The first-order valence-electron chi connectivity index (χ1n) is 7.33. The zero-order valence-corrected chi connectivity index (χ0v) is 14.1. The monoisotopic (exact) mass is 343 g/mol. The second kappa shape index (κ2) is 6.90. The summed E-state index contributed by atoms with van der Waals surface area (Å²) in [6.45, 7) is 3.94. The summed E-state index contributed by atoms with van der Waals surface area (Å²) in [5.41, 5.74) is 3.02. The summed E-state index contributed by atoms with van der Waals surface area (Å²) in [5.74, 6) is 2.07. The number of aryl methyl sites for hydroxylation is 1. The molecule has 24 heavy (non-hydrogen) atoms. The Morgan fingerprint density at radius 1 is 1.21 bits per heavy atom. The van der Waals surface area contributed by atoms with E-state index in [-0.39, 0.29) is 0 Å². The van der Waals surface area contributed by atoms with E-state index in [0.29, 0.717) is 23.0 Å². The topological polar surface area (TPSA) is 104 Å². The smallest absolute Gasteiger partial charge is 0.186 e. The molecule has 0 fully saturated rings. The van der Waals surface area contributed by atoms with Crippen LogP contribution in [-0.2, 0) is 17.5 Å². The SMILES string of the molecule is Cc1[nH]nc(Nc2ccnc(Cc3ccc(S(=O)O)cc3)n2)c1C. The Kier molecular flexibility index (Phi) is 4.68. The third-order valence-corrected chi connectivity index (χ3v) is 4.37. The fraction of sp³-hybridized carbons (Fsp3) is 0.188. The minimum Gasteiger partial charge on any atom is -0.323 e. The number of hydrogen-bond acceptors (Lipinski definition) is 5. The first-order valence-corrected chi connectivity index (χ1v) is 8.44. The van der Waals surface area contributed by atoms with E-state index in [1.165, 1.54) is 0 Å². The molecule has 2 heterocycles. The molecule has 0 saturated carbocycles. The van der Waals surface area contributed by atoms with Crippen LogP contribution < -0.4 is 5.32 Å². The summed E-state index contributed by atoms with van der Waals surface area (Å²) in [4.78, 5) is 9.13. The Morgan fingerprint density at radius 3 is 2.58 bits per heavy atom. The highest BCUT2D eigenvalue weighted by atomic mass is 32.2. The number of anilines is 2. The van der Waals surface area contributed by atoms with Gasteiger partial charge in [0, 0.05) is 23.9 Å². The number of hydrogen-bond donors (Lipinski definition) is 3. The standard InChI is InChI=1S/C16H17N5O2S/c1-10-11(2)20-21-16(10)19-14-7-8-17-15(18-14)9-12-3-5-13(6-4-12)24(22)23/h3-8H,9H2,1-2H3,(H,22,23)(H2,17,18,19,20,21). The van der Waals surface area contributed by atoms with E-state index < -0.39 is 11.1 Å². The van der Waals surface area contributed by atoms with Gasteiger partial charge in [-0.3, -0.25) is 5.10 Å². The highest BCUT2D eigenvalue weighted by Crippen LogP contribution is 2.18. The zero-order valence-electron chi connectivity index (χ0n) is 13.3. The molecule has 3 aromatic rings. The van der Waals surface area contributed by atoms with E-state index in [2.05, 4.69) is 25.5 Å². The second-order valence-electron chi connectivity index (χ2n) is 5.38. The predicted molar refractivity (Wildman–Crippen MR) is 91.7 cm³/mol. The summed E-state index contributed by atoms with van der Waals surface area (Å²) in [6.07, 6.45) is 2.23. The van der Waals surface area contributed by atoms with Gasteiger partial charge < -0.3 is 9.87 Å². The molecule has 0 radical (unpaired) electrons. The van der Waals surface area contributed by atoms with Crippen molar-refractivity contribution in [2.45, 2.75) is 25.2 Å².